The molecule has 1 aromatic heterocycles. The molecule has 0 fully saturated rings. The summed E-state index contributed by atoms with van der Waals surface area (Å²) in [7, 11) is 0. The smallest absolute Gasteiger partial charge is 0.258 e. The third-order valence-electron chi connectivity index (χ3n) is 2.37. The van der Waals surface area contributed by atoms with Gasteiger partial charge in [0.25, 0.3) is 11.8 Å². The summed E-state index contributed by atoms with van der Waals surface area (Å²) in [5.41, 5.74) is 2.86. The molecule has 0 aliphatic carbocycles. The Bertz CT molecular complexity index is 469. The number of pyridine rings is 1. The van der Waals surface area contributed by atoms with Crippen LogP contribution in [0.15, 0.2) is 18.3 Å². The maximum atomic E-state index is 11.5. The summed E-state index contributed by atoms with van der Waals surface area (Å²) in [5, 5.41) is 2.22. The number of nitrogens with zero attached hydrogens (tertiary/aromatic N) is 1. The Balaban J connectivity index is 2.60. The van der Waals surface area contributed by atoms with Crippen molar-refractivity contribution in [1.82, 2.24) is 10.3 Å². The molecular weight excluding hydrogens is 192 g/mol. The lowest BCUT2D eigenvalue weighted by Gasteiger charge is -2.07. The lowest BCUT2D eigenvalue weighted by atomic mass is 10.00. The van der Waals surface area contributed by atoms with Crippen molar-refractivity contribution in [3.8, 4) is 0 Å². The number of carbonyl (C=O) groups excluding carboxylic acids is 2. The van der Waals surface area contributed by atoms with Gasteiger partial charge < -0.3 is 0 Å². The monoisotopic (exact) mass is 202 g/mol. The van der Waals surface area contributed by atoms with Crippen molar-refractivity contribution in [3.05, 3.63) is 35.2 Å². The van der Waals surface area contributed by atoms with Gasteiger partial charge in [-0.25, -0.2) is 0 Å². The van der Waals surface area contributed by atoms with E-state index in [1.165, 1.54) is 6.08 Å². The maximum Gasteiger partial charge on any atom is 0.258 e. The van der Waals surface area contributed by atoms with E-state index in [1.54, 1.807) is 6.20 Å². The summed E-state index contributed by atoms with van der Waals surface area (Å²) in [6.45, 7) is 3.71. The van der Waals surface area contributed by atoms with Gasteiger partial charge in [0.05, 0.1) is 5.57 Å². The Morgan fingerprint density at radius 1 is 1.27 bits per heavy atom. The number of rotatable bonds is 1. The van der Waals surface area contributed by atoms with E-state index in [2.05, 4.69) is 10.3 Å². The molecule has 0 atom stereocenters. The van der Waals surface area contributed by atoms with Crippen molar-refractivity contribution in [2.45, 2.75) is 13.8 Å². The van der Waals surface area contributed by atoms with Crippen LogP contribution in [0.4, 0.5) is 0 Å². The molecule has 1 aliphatic rings. The van der Waals surface area contributed by atoms with Crippen LogP contribution in [0.25, 0.3) is 5.57 Å². The largest absolute Gasteiger partial charge is 0.289 e. The minimum atomic E-state index is -0.363. The first-order valence-electron chi connectivity index (χ1n) is 4.59. The topological polar surface area (TPSA) is 59.1 Å². The summed E-state index contributed by atoms with van der Waals surface area (Å²) in [6.07, 6.45) is 3.00. The normalized spacial score (nSPS) is 15.2. The molecule has 1 N–H and O–H groups in total. The summed E-state index contributed by atoms with van der Waals surface area (Å²) >= 11 is 0. The van der Waals surface area contributed by atoms with Crippen LogP contribution in [0.1, 0.15) is 16.8 Å². The van der Waals surface area contributed by atoms with Crippen molar-refractivity contribution >= 4 is 17.4 Å². The Morgan fingerprint density at radius 2 is 2.00 bits per heavy atom. The van der Waals surface area contributed by atoms with E-state index < -0.39 is 0 Å². The van der Waals surface area contributed by atoms with Gasteiger partial charge >= 0.3 is 0 Å². The standard InChI is InChI=1S/C11H10N2O2/c1-6-3-4-12-7(2)10(6)8-5-9(14)13-11(8)15/h3-5H,1-2H3,(H,13,14,15). The molecule has 2 heterocycles. The number of aromatic nitrogens is 1. The molecular formula is C11H10N2O2. The number of aryl methyl sites for hydroxylation is 2. The molecule has 76 valence electrons. The fourth-order valence-electron chi connectivity index (χ4n) is 1.70. The molecule has 0 unspecified atom stereocenters. The average Bonchev–Trinajstić information content (AvgIpc) is 2.45. The fourth-order valence-corrected chi connectivity index (χ4v) is 1.70. The first kappa shape index (κ1) is 9.58. The lowest BCUT2D eigenvalue weighted by Crippen LogP contribution is -2.22. The van der Waals surface area contributed by atoms with E-state index in [-0.39, 0.29) is 11.8 Å². The molecule has 0 spiro atoms. The molecule has 0 radical (unpaired) electrons. The maximum absolute atomic E-state index is 11.5. The molecule has 4 nitrogen and oxygen atoms in total. The second-order valence-corrected chi connectivity index (χ2v) is 3.46. The molecule has 0 saturated carbocycles. The van der Waals surface area contributed by atoms with Gasteiger partial charge in [0.15, 0.2) is 0 Å². The molecule has 2 rings (SSSR count). The summed E-state index contributed by atoms with van der Waals surface area (Å²) < 4.78 is 0. The van der Waals surface area contributed by atoms with Crippen molar-refractivity contribution in [2.75, 3.05) is 0 Å². The molecule has 1 aromatic rings. The van der Waals surface area contributed by atoms with Crippen LogP contribution in [0.2, 0.25) is 0 Å². The van der Waals surface area contributed by atoms with Crippen LogP contribution in [0, 0.1) is 13.8 Å². The molecule has 0 aromatic carbocycles. The van der Waals surface area contributed by atoms with Crippen molar-refractivity contribution in [3.63, 3.8) is 0 Å². The molecule has 1 aliphatic heterocycles. The van der Waals surface area contributed by atoms with Crippen LogP contribution in [-0.4, -0.2) is 16.8 Å². The highest BCUT2D eigenvalue weighted by atomic mass is 16.2. The zero-order valence-corrected chi connectivity index (χ0v) is 8.50. The van der Waals surface area contributed by atoms with E-state index in [0.717, 1.165) is 16.8 Å². The number of nitrogens with one attached hydrogen (secondary N) is 1. The minimum Gasteiger partial charge on any atom is -0.289 e. The van der Waals surface area contributed by atoms with E-state index >= 15 is 0 Å². The first-order valence-corrected chi connectivity index (χ1v) is 4.59. The van der Waals surface area contributed by atoms with E-state index in [4.69, 9.17) is 0 Å². The van der Waals surface area contributed by atoms with Crippen LogP contribution in [0.5, 0.6) is 0 Å². The van der Waals surface area contributed by atoms with Crippen LogP contribution < -0.4 is 5.32 Å². The molecule has 0 saturated heterocycles. The summed E-state index contributed by atoms with van der Waals surface area (Å²) in [6, 6.07) is 1.82. The molecule has 15 heavy (non-hydrogen) atoms. The Labute approximate surface area is 87.0 Å². The summed E-state index contributed by atoms with van der Waals surface area (Å²) in [4.78, 5) is 26.6. The van der Waals surface area contributed by atoms with E-state index in [0.29, 0.717) is 5.57 Å². The number of carbonyl (C=O) groups is 2. The highest BCUT2D eigenvalue weighted by Crippen LogP contribution is 2.23. The van der Waals surface area contributed by atoms with Crippen molar-refractivity contribution in [2.24, 2.45) is 0 Å². The van der Waals surface area contributed by atoms with E-state index in [1.807, 2.05) is 19.9 Å². The van der Waals surface area contributed by atoms with Gasteiger partial charge in [0.2, 0.25) is 0 Å². The van der Waals surface area contributed by atoms with Gasteiger partial charge in [0.1, 0.15) is 0 Å². The highest BCUT2D eigenvalue weighted by molar-refractivity contribution is 6.33. The Morgan fingerprint density at radius 3 is 2.53 bits per heavy atom. The second kappa shape index (κ2) is 3.31. The third-order valence-corrected chi connectivity index (χ3v) is 2.37. The zero-order valence-electron chi connectivity index (χ0n) is 8.50. The Kier molecular flexibility index (Phi) is 2.11. The highest BCUT2D eigenvalue weighted by Gasteiger charge is 2.24. The van der Waals surface area contributed by atoms with Gasteiger partial charge in [-0.15, -0.1) is 0 Å². The van der Waals surface area contributed by atoms with Crippen LogP contribution in [-0.2, 0) is 9.59 Å². The molecule has 4 heteroatoms. The second-order valence-electron chi connectivity index (χ2n) is 3.46. The first-order chi connectivity index (χ1) is 7.09. The number of imide groups is 1. The van der Waals surface area contributed by atoms with Crippen LogP contribution in [0.3, 0.4) is 0 Å². The molecule has 2 amide bonds. The number of amides is 2. The third kappa shape index (κ3) is 1.54. The fraction of sp³-hybridized carbons (Fsp3) is 0.182. The average molecular weight is 202 g/mol. The predicted octanol–water partition coefficient (Wildman–Crippen LogP) is 0.738. The number of hydrogen-bond donors (Lipinski definition) is 1. The summed E-state index contributed by atoms with van der Waals surface area (Å²) in [5.74, 6) is -0.711. The SMILES string of the molecule is Cc1ccnc(C)c1C1=CC(=O)NC1=O. The predicted molar refractivity (Wildman–Crippen MR) is 54.8 cm³/mol. The number of hydrogen-bond acceptors (Lipinski definition) is 3. The van der Waals surface area contributed by atoms with Crippen LogP contribution >= 0.6 is 0 Å². The van der Waals surface area contributed by atoms with Gasteiger partial charge in [-0.1, -0.05) is 0 Å². The van der Waals surface area contributed by atoms with Gasteiger partial charge in [-0.3, -0.25) is 19.9 Å². The quantitative estimate of drug-likeness (QED) is 0.683. The van der Waals surface area contributed by atoms with E-state index in [9.17, 15) is 9.59 Å². The molecule has 0 bridgehead atoms. The van der Waals surface area contributed by atoms with Crippen molar-refractivity contribution in [1.29, 1.82) is 0 Å². The van der Waals surface area contributed by atoms with Gasteiger partial charge in [-0.2, -0.15) is 0 Å². The Hall–Kier alpha value is -1.97. The van der Waals surface area contributed by atoms with Gasteiger partial charge in [-0.05, 0) is 25.5 Å². The zero-order chi connectivity index (χ0) is 11.0. The van der Waals surface area contributed by atoms with Crippen molar-refractivity contribution < 1.29 is 9.59 Å². The lowest BCUT2D eigenvalue weighted by molar-refractivity contribution is -0.123. The van der Waals surface area contributed by atoms with Gasteiger partial charge in [0, 0.05) is 23.5 Å². The minimum absolute atomic E-state index is 0.348.